The highest BCUT2D eigenvalue weighted by Gasteiger charge is 2.06. The molecule has 0 unspecified atom stereocenters. The highest BCUT2D eigenvalue weighted by atomic mass is 19.1. The molecule has 0 amide bonds. The molecule has 3 nitrogen and oxygen atoms in total. The maximum atomic E-state index is 12.9. The number of benzene rings is 1. The maximum Gasteiger partial charge on any atom is 0.240 e. The van der Waals surface area contributed by atoms with Crippen molar-refractivity contribution >= 4 is 5.90 Å². The lowest BCUT2D eigenvalue weighted by molar-refractivity contribution is 0.207. The summed E-state index contributed by atoms with van der Waals surface area (Å²) in [4.78, 5) is 4.60. The van der Waals surface area contributed by atoms with Gasteiger partial charge in [0, 0.05) is 7.05 Å². The Kier molecular flexibility index (Phi) is 2.76. The van der Waals surface area contributed by atoms with E-state index >= 15 is 0 Å². The molecule has 0 bridgehead atoms. The Morgan fingerprint density at radius 1 is 1.50 bits per heavy atom. The van der Waals surface area contributed by atoms with E-state index in [0.29, 0.717) is 0 Å². The molecule has 1 aromatic carbocycles. The Morgan fingerprint density at radius 2 is 2.17 bits per heavy atom. The molecule has 0 radical (unpaired) electrons. The Morgan fingerprint density at radius 3 is 2.75 bits per heavy atom. The summed E-state index contributed by atoms with van der Waals surface area (Å²) in [6.45, 7) is 0. The summed E-state index contributed by atoms with van der Waals surface area (Å²) in [5, 5.41) is 7.25. The fraction of sp³-hybridized carbons (Fsp3) is 0.125. The Bertz CT molecular complexity index is 288. The monoisotopic (exact) mass is 168 g/mol. The molecule has 1 aromatic rings. The smallest absolute Gasteiger partial charge is 0.240 e. The molecule has 0 atom stereocenters. The van der Waals surface area contributed by atoms with Gasteiger partial charge in [-0.05, 0) is 12.1 Å². The van der Waals surface area contributed by atoms with Crippen LogP contribution in [0.3, 0.4) is 0 Å². The predicted molar refractivity (Wildman–Crippen MR) is 43.4 cm³/mol. The van der Waals surface area contributed by atoms with Crippen LogP contribution in [0.15, 0.2) is 24.3 Å². The zero-order valence-electron chi connectivity index (χ0n) is 6.60. The second kappa shape index (κ2) is 3.82. The number of halogens is 1. The average Bonchev–Trinajstić information content (AvgIpc) is 2.05. The largest absolute Gasteiger partial charge is 0.389 e. The zero-order chi connectivity index (χ0) is 8.97. The highest BCUT2D eigenvalue weighted by Crippen LogP contribution is 2.06. The lowest BCUT2D eigenvalue weighted by atomic mass is 10.2. The van der Waals surface area contributed by atoms with Crippen LogP contribution in [0.2, 0.25) is 0 Å². The second-order valence-corrected chi connectivity index (χ2v) is 2.12. The fourth-order valence-electron chi connectivity index (χ4n) is 0.802. The van der Waals surface area contributed by atoms with E-state index in [1.165, 1.54) is 19.2 Å². The molecule has 0 fully saturated rings. The summed E-state index contributed by atoms with van der Waals surface area (Å²) in [6, 6.07) is 5.97. The molecule has 0 spiro atoms. The Hall–Kier alpha value is -1.42. The minimum atomic E-state index is -0.460. The number of nitrogens with one attached hydrogen (secondary N) is 2. The molecular formula is C8H9FN2O. The zero-order valence-corrected chi connectivity index (χ0v) is 6.60. The fourth-order valence-corrected chi connectivity index (χ4v) is 0.802. The van der Waals surface area contributed by atoms with Gasteiger partial charge in [0.15, 0.2) is 0 Å². The van der Waals surface area contributed by atoms with E-state index in [0.717, 1.165) is 0 Å². The van der Waals surface area contributed by atoms with Gasteiger partial charge in [0.1, 0.15) is 5.82 Å². The van der Waals surface area contributed by atoms with Gasteiger partial charge in [-0.1, -0.05) is 12.1 Å². The standard InChI is InChI=1S/C8H9FN2O/c1-11-12-8(10)6-4-2-3-5-7(6)9/h2-5,10-11H,1H3. The van der Waals surface area contributed by atoms with Gasteiger partial charge < -0.3 is 4.84 Å². The third-order valence-electron chi connectivity index (χ3n) is 1.32. The first-order valence-electron chi connectivity index (χ1n) is 3.42. The first-order chi connectivity index (χ1) is 5.75. The van der Waals surface area contributed by atoms with Gasteiger partial charge in [0.2, 0.25) is 5.90 Å². The number of hydroxylamine groups is 1. The summed E-state index contributed by atoms with van der Waals surface area (Å²) >= 11 is 0. The molecule has 0 saturated carbocycles. The van der Waals surface area contributed by atoms with Crippen molar-refractivity contribution in [3.05, 3.63) is 35.6 Å². The van der Waals surface area contributed by atoms with E-state index in [1.54, 1.807) is 12.1 Å². The lowest BCUT2D eigenvalue weighted by Crippen LogP contribution is -2.16. The van der Waals surface area contributed by atoms with Crippen LogP contribution in [0, 0.1) is 11.2 Å². The number of hydrogen-bond donors (Lipinski definition) is 2. The van der Waals surface area contributed by atoms with Crippen molar-refractivity contribution in [2.45, 2.75) is 0 Å². The van der Waals surface area contributed by atoms with E-state index in [2.05, 4.69) is 10.3 Å². The molecule has 0 saturated heterocycles. The highest BCUT2D eigenvalue weighted by molar-refractivity contribution is 5.91. The first-order valence-corrected chi connectivity index (χ1v) is 3.42. The molecule has 0 aliphatic carbocycles. The normalized spacial score (nSPS) is 9.50. The van der Waals surface area contributed by atoms with Crippen LogP contribution < -0.4 is 5.48 Å². The Balaban J connectivity index is 2.87. The minimum absolute atomic E-state index is 0.145. The molecule has 64 valence electrons. The van der Waals surface area contributed by atoms with Crippen molar-refractivity contribution < 1.29 is 9.23 Å². The quantitative estimate of drug-likeness (QED) is 0.397. The van der Waals surface area contributed by atoms with Gasteiger partial charge >= 0.3 is 0 Å². The van der Waals surface area contributed by atoms with Crippen LogP contribution >= 0.6 is 0 Å². The molecule has 4 heteroatoms. The summed E-state index contributed by atoms with van der Waals surface area (Å²) in [6.07, 6.45) is 0. The van der Waals surface area contributed by atoms with Gasteiger partial charge in [0.25, 0.3) is 0 Å². The van der Waals surface area contributed by atoms with Crippen LogP contribution in [0.4, 0.5) is 4.39 Å². The topological polar surface area (TPSA) is 45.1 Å². The first kappa shape index (κ1) is 8.67. The Labute approximate surface area is 69.6 Å². The molecular weight excluding hydrogens is 159 g/mol. The van der Waals surface area contributed by atoms with E-state index in [9.17, 15) is 4.39 Å². The summed E-state index contributed by atoms with van der Waals surface area (Å²) < 4.78 is 12.9. The van der Waals surface area contributed by atoms with Crippen molar-refractivity contribution in [2.75, 3.05) is 7.05 Å². The van der Waals surface area contributed by atoms with Crippen LogP contribution in [0.5, 0.6) is 0 Å². The molecule has 1 rings (SSSR count). The predicted octanol–water partition coefficient (Wildman–Crippen LogP) is 1.30. The third kappa shape index (κ3) is 1.79. The van der Waals surface area contributed by atoms with Crippen LogP contribution in [0.1, 0.15) is 5.56 Å². The van der Waals surface area contributed by atoms with Gasteiger partial charge in [-0.2, -0.15) is 5.48 Å². The van der Waals surface area contributed by atoms with Crippen molar-refractivity contribution in [1.29, 1.82) is 5.41 Å². The van der Waals surface area contributed by atoms with Crippen LogP contribution in [-0.2, 0) is 4.84 Å². The second-order valence-electron chi connectivity index (χ2n) is 2.12. The van der Waals surface area contributed by atoms with E-state index in [-0.39, 0.29) is 11.5 Å². The van der Waals surface area contributed by atoms with Gasteiger partial charge in [-0.25, -0.2) is 4.39 Å². The SMILES string of the molecule is CNOC(=N)c1ccccc1F. The van der Waals surface area contributed by atoms with E-state index in [4.69, 9.17) is 5.41 Å². The molecule has 12 heavy (non-hydrogen) atoms. The van der Waals surface area contributed by atoms with Crippen LogP contribution in [0.25, 0.3) is 0 Å². The minimum Gasteiger partial charge on any atom is -0.389 e. The van der Waals surface area contributed by atoms with Gasteiger partial charge in [0.05, 0.1) is 5.56 Å². The molecule has 0 aliphatic heterocycles. The van der Waals surface area contributed by atoms with Gasteiger partial charge in [-0.15, -0.1) is 0 Å². The van der Waals surface area contributed by atoms with Gasteiger partial charge in [-0.3, -0.25) is 5.41 Å². The van der Waals surface area contributed by atoms with E-state index in [1.807, 2.05) is 0 Å². The molecule has 0 aromatic heterocycles. The van der Waals surface area contributed by atoms with E-state index < -0.39 is 5.82 Å². The van der Waals surface area contributed by atoms with Crippen molar-refractivity contribution in [3.63, 3.8) is 0 Å². The third-order valence-corrected chi connectivity index (χ3v) is 1.32. The number of rotatable bonds is 2. The molecule has 0 aliphatic rings. The van der Waals surface area contributed by atoms with Crippen molar-refractivity contribution in [2.24, 2.45) is 0 Å². The van der Waals surface area contributed by atoms with Crippen molar-refractivity contribution in [3.8, 4) is 0 Å². The molecule has 2 N–H and O–H groups in total. The van der Waals surface area contributed by atoms with Crippen LogP contribution in [-0.4, -0.2) is 12.9 Å². The maximum absolute atomic E-state index is 12.9. The number of hydrogen-bond acceptors (Lipinski definition) is 3. The summed E-state index contributed by atoms with van der Waals surface area (Å²) in [5.74, 6) is -0.687. The van der Waals surface area contributed by atoms with Crippen molar-refractivity contribution in [1.82, 2.24) is 5.48 Å². The summed E-state index contributed by atoms with van der Waals surface area (Å²) in [7, 11) is 1.51. The summed E-state index contributed by atoms with van der Waals surface area (Å²) in [5.41, 5.74) is 2.45. The molecule has 0 heterocycles. The lowest BCUT2D eigenvalue weighted by Gasteiger charge is -2.04. The average molecular weight is 168 g/mol.